The Morgan fingerprint density at radius 3 is 2.75 bits per heavy atom. The van der Waals surface area contributed by atoms with Crippen LogP contribution in [0.5, 0.6) is 0 Å². The Morgan fingerprint density at radius 2 is 2.12 bits per heavy atom. The van der Waals surface area contributed by atoms with Gasteiger partial charge in [-0.15, -0.1) is 6.58 Å². The van der Waals surface area contributed by atoms with Gasteiger partial charge in [0.25, 0.3) is 0 Å². The number of hydrogen-bond donors (Lipinski definition) is 1. The first-order valence-electron chi connectivity index (χ1n) is 8.14. The van der Waals surface area contributed by atoms with Crippen LogP contribution >= 0.6 is 0 Å². The van der Waals surface area contributed by atoms with Gasteiger partial charge in [-0.25, -0.2) is 9.18 Å². The van der Waals surface area contributed by atoms with Crippen LogP contribution in [0.1, 0.15) is 44.2 Å². The van der Waals surface area contributed by atoms with E-state index in [2.05, 4.69) is 6.58 Å². The predicted octanol–water partition coefficient (Wildman–Crippen LogP) is 5.58. The molecule has 126 valence electrons. The van der Waals surface area contributed by atoms with E-state index in [0.29, 0.717) is 29.6 Å². The number of carboxylic acids is 1. The highest BCUT2D eigenvalue weighted by Gasteiger charge is 2.31. The van der Waals surface area contributed by atoms with Crippen molar-refractivity contribution >= 4 is 11.5 Å². The number of hydrogen-bond acceptors (Lipinski definition) is 1. The van der Waals surface area contributed by atoms with E-state index in [4.69, 9.17) is 0 Å². The van der Waals surface area contributed by atoms with Gasteiger partial charge in [0.2, 0.25) is 0 Å². The molecule has 0 amide bonds. The van der Waals surface area contributed by atoms with Crippen LogP contribution in [0.2, 0.25) is 0 Å². The molecule has 3 heteroatoms. The minimum Gasteiger partial charge on any atom is -0.478 e. The molecule has 0 saturated heterocycles. The summed E-state index contributed by atoms with van der Waals surface area (Å²) in [6.45, 7) is 7.28. The quantitative estimate of drug-likeness (QED) is 0.693. The van der Waals surface area contributed by atoms with Gasteiger partial charge in [-0.2, -0.15) is 0 Å². The topological polar surface area (TPSA) is 37.3 Å². The molecule has 0 bridgehead atoms. The third kappa shape index (κ3) is 3.56. The number of benzene rings is 1. The highest BCUT2D eigenvalue weighted by atomic mass is 19.1. The second-order valence-corrected chi connectivity index (χ2v) is 6.03. The average molecular weight is 326 g/mol. The Balaban J connectivity index is 2.60. The highest BCUT2D eigenvalue weighted by Crippen LogP contribution is 2.39. The molecule has 0 aliphatic heterocycles. The third-order valence-corrected chi connectivity index (χ3v) is 4.47. The number of carbonyl (C=O) groups is 1. The summed E-state index contributed by atoms with van der Waals surface area (Å²) in [6, 6.07) is 7.40. The van der Waals surface area contributed by atoms with Crippen molar-refractivity contribution in [2.45, 2.75) is 38.8 Å². The van der Waals surface area contributed by atoms with E-state index in [0.717, 1.165) is 11.1 Å². The SMILES string of the molecule is C=CCC(F)(CC)c1ccccc1C1=CC(C)=C(C(=O)O)CC=C1. The first kappa shape index (κ1) is 17.9. The highest BCUT2D eigenvalue weighted by molar-refractivity contribution is 5.91. The van der Waals surface area contributed by atoms with Crippen molar-refractivity contribution in [3.63, 3.8) is 0 Å². The lowest BCUT2D eigenvalue weighted by atomic mass is 9.84. The summed E-state index contributed by atoms with van der Waals surface area (Å²) in [5, 5.41) is 9.29. The Bertz CT molecular complexity index is 740. The maximum Gasteiger partial charge on any atom is 0.332 e. The predicted molar refractivity (Wildman–Crippen MR) is 96.4 cm³/mol. The van der Waals surface area contributed by atoms with Crippen LogP contribution in [0.4, 0.5) is 4.39 Å². The summed E-state index contributed by atoms with van der Waals surface area (Å²) in [4.78, 5) is 11.3. The Labute approximate surface area is 142 Å². The van der Waals surface area contributed by atoms with Crippen LogP contribution in [0.25, 0.3) is 5.57 Å². The lowest BCUT2D eigenvalue weighted by Crippen LogP contribution is -2.20. The minimum atomic E-state index is -1.48. The van der Waals surface area contributed by atoms with E-state index in [9.17, 15) is 9.90 Å². The first-order chi connectivity index (χ1) is 11.4. The normalized spacial score (nSPS) is 17.0. The first-order valence-corrected chi connectivity index (χ1v) is 8.14. The fourth-order valence-electron chi connectivity index (χ4n) is 3.06. The summed E-state index contributed by atoms with van der Waals surface area (Å²) in [7, 11) is 0. The van der Waals surface area contributed by atoms with Gasteiger partial charge in [-0.1, -0.05) is 55.5 Å². The van der Waals surface area contributed by atoms with E-state index in [1.807, 2.05) is 43.4 Å². The maximum absolute atomic E-state index is 15.4. The van der Waals surface area contributed by atoms with Gasteiger partial charge in [0.15, 0.2) is 0 Å². The van der Waals surface area contributed by atoms with Crippen LogP contribution < -0.4 is 0 Å². The zero-order valence-corrected chi connectivity index (χ0v) is 14.2. The summed E-state index contributed by atoms with van der Waals surface area (Å²) in [5.74, 6) is -0.914. The molecule has 1 aromatic rings. The Hall–Kier alpha value is -2.42. The van der Waals surface area contributed by atoms with Crippen molar-refractivity contribution in [1.82, 2.24) is 0 Å². The van der Waals surface area contributed by atoms with Crippen molar-refractivity contribution in [1.29, 1.82) is 0 Å². The van der Waals surface area contributed by atoms with Crippen molar-refractivity contribution in [2.24, 2.45) is 0 Å². The van der Waals surface area contributed by atoms with E-state index >= 15 is 4.39 Å². The van der Waals surface area contributed by atoms with E-state index in [1.165, 1.54) is 0 Å². The van der Waals surface area contributed by atoms with Gasteiger partial charge in [0.05, 0.1) is 0 Å². The van der Waals surface area contributed by atoms with Crippen molar-refractivity contribution in [3.05, 3.63) is 77.4 Å². The van der Waals surface area contributed by atoms with Crippen molar-refractivity contribution in [3.8, 4) is 0 Å². The summed E-state index contributed by atoms with van der Waals surface area (Å²) in [6.07, 6.45) is 8.09. The number of aliphatic carboxylic acids is 1. The van der Waals surface area contributed by atoms with Crippen molar-refractivity contribution < 1.29 is 14.3 Å². The van der Waals surface area contributed by atoms with Gasteiger partial charge in [0, 0.05) is 12.0 Å². The largest absolute Gasteiger partial charge is 0.478 e. The number of alkyl halides is 1. The maximum atomic E-state index is 15.4. The van der Waals surface area contributed by atoms with Crippen LogP contribution in [0.3, 0.4) is 0 Å². The second-order valence-electron chi connectivity index (χ2n) is 6.03. The lowest BCUT2D eigenvalue weighted by Gasteiger charge is -2.26. The molecule has 1 aliphatic carbocycles. The molecule has 0 saturated carbocycles. The van der Waals surface area contributed by atoms with Crippen LogP contribution in [0.15, 0.2) is 66.3 Å². The minimum absolute atomic E-state index is 0.243. The molecule has 1 aromatic carbocycles. The zero-order valence-electron chi connectivity index (χ0n) is 14.2. The molecular formula is C21H23FO2. The fourth-order valence-corrected chi connectivity index (χ4v) is 3.06. The Morgan fingerprint density at radius 1 is 1.42 bits per heavy atom. The van der Waals surface area contributed by atoms with Crippen LogP contribution in [-0.4, -0.2) is 11.1 Å². The molecule has 1 N–H and O–H groups in total. The number of rotatable bonds is 6. The molecule has 0 radical (unpaired) electrons. The molecule has 2 nitrogen and oxygen atoms in total. The standard InChI is InChI=1S/C21H23FO2/c1-4-13-21(22,5-2)19-12-7-6-10-18(19)16-9-8-11-17(20(23)24)15(3)14-16/h4,6-10,12,14H,1,5,11,13H2,2-3H3,(H,23,24). The molecule has 1 aliphatic rings. The monoisotopic (exact) mass is 326 g/mol. The van der Waals surface area contributed by atoms with Gasteiger partial charge >= 0.3 is 5.97 Å². The van der Waals surface area contributed by atoms with E-state index in [1.54, 1.807) is 19.1 Å². The summed E-state index contributed by atoms with van der Waals surface area (Å²) in [5.41, 5.74) is 1.83. The number of allylic oxidation sites excluding steroid dienone is 6. The summed E-state index contributed by atoms with van der Waals surface area (Å²) >= 11 is 0. The van der Waals surface area contributed by atoms with Crippen LogP contribution in [-0.2, 0) is 10.5 Å². The van der Waals surface area contributed by atoms with Crippen molar-refractivity contribution in [2.75, 3.05) is 0 Å². The average Bonchev–Trinajstić information content (AvgIpc) is 2.76. The zero-order chi connectivity index (χ0) is 17.7. The molecule has 2 rings (SSSR count). The molecule has 1 atom stereocenters. The van der Waals surface area contributed by atoms with Gasteiger partial charge < -0.3 is 5.11 Å². The Kier molecular flexibility index (Phi) is 5.55. The smallest absolute Gasteiger partial charge is 0.332 e. The van der Waals surface area contributed by atoms with Gasteiger partial charge in [-0.05, 0) is 42.0 Å². The molecule has 0 spiro atoms. The molecule has 0 fully saturated rings. The van der Waals surface area contributed by atoms with Crippen LogP contribution in [0, 0.1) is 0 Å². The molecule has 0 heterocycles. The number of carboxylic acid groups (broad SMARTS) is 1. The fraction of sp³-hybridized carbons (Fsp3) is 0.286. The molecule has 1 unspecified atom stereocenters. The van der Waals surface area contributed by atoms with E-state index in [-0.39, 0.29) is 6.42 Å². The van der Waals surface area contributed by atoms with Gasteiger partial charge in [0.1, 0.15) is 5.67 Å². The summed E-state index contributed by atoms with van der Waals surface area (Å²) < 4.78 is 15.4. The number of halogens is 1. The molecular weight excluding hydrogens is 303 g/mol. The lowest BCUT2D eigenvalue weighted by molar-refractivity contribution is -0.132. The molecule has 24 heavy (non-hydrogen) atoms. The molecule has 0 aromatic heterocycles. The van der Waals surface area contributed by atoms with E-state index < -0.39 is 11.6 Å². The third-order valence-electron chi connectivity index (χ3n) is 4.47. The second kappa shape index (κ2) is 7.43. The van der Waals surface area contributed by atoms with Gasteiger partial charge in [-0.3, -0.25) is 0 Å².